The molecule has 0 aliphatic carbocycles. The molecule has 214 valence electrons. The molecule has 1 aromatic carbocycles. The number of amides is 1. The Morgan fingerprint density at radius 3 is 2.66 bits per heavy atom. The molecule has 12 nitrogen and oxygen atoms in total. The number of benzene rings is 1. The number of carbonyl (C=O) groups excluding carboxylic acids is 2. The van der Waals surface area contributed by atoms with E-state index in [4.69, 9.17) is 15.2 Å². The van der Waals surface area contributed by atoms with Crippen LogP contribution in [-0.2, 0) is 14.3 Å². The van der Waals surface area contributed by atoms with E-state index in [2.05, 4.69) is 17.6 Å². The van der Waals surface area contributed by atoms with Gasteiger partial charge < -0.3 is 51.4 Å². The average molecular weight is 558 g/mol. The highest BCUT2D eigenvalue weighted by Crippen LogP contribution is 2.31. The normalized spacial score (nSPS) is 30.9. The maximum atomic E-state index is 12.9. The third-order valence-electron chi connectivity index (χ3n) is 6.86. The number of nitrogen functional groups attached to an aromatic ring is 1. The van der Waals surface area contributed by atoms with Crippen molar-refractivity contribution in [1.29, 1.82) is 0 Å². The zero-order valence-electron chi connectivity index (χ0n) is 21.5. The zero-order valence-corrected chi connectivity index (χ0v) is 22.3. The van der Waals surface area contributed by atoms with Gasteiger partial charge in [-0.15, -0.1) is 11.8 Å². The van der Waals surface area contributed by atoms with Crippen molar-refractivity contribution < 1.29 is 44.6 Å². The Kier molecular flexibility index (Phi) is 11.0. The van der Waals surface area contributed by atoms with Crippen LogP contribution in [0.15, 0.2) is 18.2 Å². The monoisotopic (exact) mass is 557 g/mol. The van der Waals surface area contributed by atoms with Gasteiger partial charge in [-0.05, 0) is 44.4 Å². The molecule has 0 radical (unpaired) electrons. The highest BCUT2D eigenvalue weighted by molar-refractivity contribution is 7.99. The van der Waals surface area contributed by atoms with Gasteiger partial charge in [0.25, 0.3) is 0 Å². The van der Waals surface area contributed by atoms with E-state index >= 15 is 0 Å². The third kappa shape index (κ3) is 7.50. The number of aliphatic hydroxyl groups excluding tert-OH is 4. The van der Waals surface area contributed by atoms with Crippen molar-refractivity contribution in [3.8, 4) is 5.75 Å². The van der Waals surface area contributed by atoms with Crippen LogP contribution in [0.2, 0.25) is 0 Å². The van der Waals surface area contributed by atoms with Crippen molar-refractivity contribution in [3.63, 3.8) is 0 Å². The molecule has 9 N–H and O–H groups in total. The number of thioether (sulfide) groups is 1. The second-order valence-electron chi connectivity index (χ2n) is 9.85. The van der Waals surface area contributed by atoms with Crippen LogP contribution in [0.5, 0.6) is 5.75 Å². The van der Waals surface area contributed by atoms with E-state index in [1.54, 1.807) is 0 Å². The molecular formula is C25H39N3O9S. The number of phenols is 1. The number of nitrogens with one attached hydrogen (secondary N) is 2. The van der Waals surface area contributed by atoms with Crippen LogP contribution in [0.1, 0.15) is 43.5 Å². The molecule has 2 saturated heterocycles. The van der Waals surface area contributed by atoms with E-state index in [1.807, 2.05) is 0 Å². The van der Waals surface area contributed by atoms with Crippen LogP contribution in [0.3, 0.4) is 0 Å². The van der Waals surface area contributed by atoms with Gasteiger partial charge in [-0.25, -0.2) is 4.79 Å². The van der Waals surface area contributed by atoms with Gasteiger partial charge in [0.1, 0.15) is 47.8 Å². The van der Waals surface area contributed by atoms with Crippen molar-refractivity contribution in [3.05, 3.63) is 23.8 Å². The standard InChI is InChI=1S/C25H39N3O9S/c1-3-4-13-9-16(27-11-13)23(34)28-18(12(2)29)22-20(32)19(31)21(33)25(37-22)38-8-7-36-24(35)15-6-5-14(26)10-17(15)30/h5-6,10,12-13,16,18-22,25,27,29-33H,3-4,7-9,11,26H2,1-2H3,(H,28,34)/t12-,13-,16+,18-,19+,20-,21-,22-,25-/m1/s1. The summed E-state index contributed by atoms with van der Waals surface area (Å²) < 4.78 is 11.0. The molecule has 0 spiro atoms. The molecule has 0 unspecified atom stereocenters. The van der Waals surface area contributed by atoms with Crippen LogP contribution in [0.25, 0.3) is 0 Å². The minimum Gasteiger partial charge on any atom is -0.507 e. The minimum absolute atomic E-state index is 0.0509. The largest absolute Gasteiger partial charge is 0.507 e. The Balaban J connectivity index is 1.57. The predicted molar refractivity (Wildman–Crippen MR) is 140 cm³/mol. The van der Waals surface area contributed by atoms with E-state index in [0.29, 0.717) is 18.0 Å². The zero-order chi connectivity index (χ0) is 28.0. The minimum atomic E-state index is -1.60. The molecule has 0 bridgehead atoms. The lowest BCUT2D eigenvalue weighted by atomic mass is 9.92. The first-order valence-electron chi connectivity index (χ1n) is 12.8. The fourth-order valence-electron chi connectivity index (χ4n) is 4.78. The topological polar surface area (TPSA) is 204 Å². The number of hydrogen-bond acceptors (Lipinski definition) is 12. The summed E-state index contributed by atoms with van der Waals surface area (Å²) in [7, 11) is 0. The van der Waals surface area contributed by atoms with Crippen molar-refractivity contribution in [2.24, 2.45) is 5.92 Å². The Bertz CT molecular complexity index is 953. The average Bonchev–Trinajstić information content (AvgIpc) is 3.34. The third-order valence-corrected chi connectivity index (χ3v) is 7.99. The van der Waals surface area contributed by atoms with E-state index in [9.17, 15) is 35.1 Å². The number of aromatic hydroxyl groups is 1. The lowest BCUT2D eigenvalue weighted by Gasteiger charge is -2.44. The first kappa shape index (κ1) is 30.4. The summed E-state index contributed by atoms with van der Waals surface area (Å²) >= 11 is 1.03. The highest BCUT2D eigenvalue weighted by atomic mass is 32.2. The van der Waals surface area contributed by atoms with Crippen molar-refractivity contribution in [2.45, 2.75) is 81.1 Å². The summed E-state index contributed by atoms with van der Waals surface area (Å²) in [5.41, 5.74) is 4.76. The molecule has 2 fully saturated rings. The maximum absolute atomic E-state index is 12.9. The fourth-order valence-corrected chi connectivity index (χ4v) is 5.76. The summed E-state index contributed by atoms with van der Waals surface area (Å²) in [6.45, 7) is 4.14. The number of esters is 1. The first-order valence-corrected chi connectivity index (χ1v) is 13.9. The van der Waals surface area contributed by atoms with Crippen LogP contribution >= 0.6 is 11.8 Å². The maximum Gasteiger partial charge on any atom is 0.341 e. The summed E-state index contributed by atoms with van der Waals surface area (Å²) in [6.07, 6.45) is -4.31. The lowest BCUT2D eigenvalue weighted by molar-refractivity contribution is -0.211. The van der Waals surface area contributed by atoms with E-state index in [0.717, 1.165) is 31.1 Å². The molecule has 2 heterocycles. The van der Waals surface area contributed by atoms with E-state index < -0.39 is 54.0 Å². The Hall–Kier alpha value is -2.13. The highest BCUT2D eigenvalue weighted by Gasteiger charge is 2.48. The molecule has 2 aliphatic rings. The lowest BCUT2D eigenvalue weighted by Crippen LogP contribution is -2.65. The Morgan fingerprint density at radius 2 is 2.00 bits per heavy atom. The van der Waals surface area contributed by atoms with E-state index in [-0.39, 0.29) is 29.6 Å². The molecule has 1 aromatic rings. The smallest absolute Gasteiger partial charge is 0.341 e. The Morgan fingerprint density at radius 1 is 1.26 bits per heavy atom. The number of carbonyl (C=O) groups is 2. The van der Waals surface area contributed by atoms with Gasteiger partial charge in [-0.2, -0.15) is 0 Å². The molecule has 2 aliphatic heterocycles. The molecule has 1 amide bonds. The number of anilines is 1. The van der Waals surface area contributed by atoms with Crippen LogP contribution in [0.4, 0.5) is 5.69 Å². The van der Waals surface area contributed by atoms with Gasteiger partial charge in [0.05, 0.1) is 18.2 Å². The number of ether oxygens (including phenoxy) is 2. The second-order valence-corrected chi connectivity index (χ2v) is 11.1. The molecule has 0 aromatic heterocycles. The second kappa shape index (κ2) is 13.8. The number of nitrogens with two attached hydrogens (primary N) is 1. The molecule has 0 saturated carbocycles. The van der Waals surface area contributed by atoms with Crippen molar-refractivity contribution >= 4 is 29.3 Å². The van der Waals surface area contributed by atoms with Crippen LogP contribution in [0, 0.1) is 5.92 Å². The van der Waals surface area contributed by atoms with Gasteiger partial charge >= 0.3 is 5.97 Å². The number of phenolic OH excluding ortho intramolecular Hbond substituents is 1. The quantitative estimate of drug-likeness (QED) is 0.0968. The first-order chi connectivity index (χ1) is 18.0. The van der Waals surface area contributed by atoms with Crippen LogP contribution < -0.4 is 16.4 Å². The van der Waals surface area contributed by atoms with Crippen LogP contribution in [-0.4, -0.2) is 104 Å². The number of aliphatic hydroxyl groups is 4. The summed E-state index contributed by atoms with van der Waals surface area (Å²) in [6, 6.07) is 2.53. The predicted octanol–water partition coefficient (Wildman–Crippen LogP) is -0.684. The van der Waals surface area contributed by atoms with Gasteiger partial charge in [0.2, 0.25) is 5.91 Å². The number of hydrogen-bond donors (Lipinski definition) is 8. The van der Waals surface area contributed by atoms with Gasteiger partial charge in [0, 0.05) is 17.5 Å². The van der Waals surface area contributed by atoms with Gasteiger partial charge in [-0.3, -0.25) is 4.79 Å². The van der Waals surface area contributed by atoms with E-state index in [1.165, 1.54) is 25.1 Å². The SMILES string of the molecule is CCC[C@H]1CN[C@H](C(=O)N[C@@H]([C@H]2O[C@H](SCCOC(=O)c3ccc(N)cc3O)[C@H](O)[C@@H](O)[C@H]2O)[C@@H](C)O)C1. The fraction of sp³-hybridized carbons (Fsp3) is 0.680. The Labute approximate surface area is 225 Å². The van der Waals surface area contributed by atoms with Crippen molar-refractivity contribution in [2.75, 3.05) is 24.6 Å². The number of rotatable bonds is 11. The summed E-state index contributed by atoms with van der Waals surface area (Å²) in [5, 5.41) is 57.8. The molecule has 13 heteroatoms. The summed E-state index contributed by atoms with van der Waals surface area (Å²) in [4.78, 5) is 25.1. The molecule has 38 heavy (non-hydrogen) atoms. The molecule has 3 rings (SSSR count). The molecular weight excluding hydrogens is 518 g/mol. The molecule has 9 atom stereocenters. The van der Waals surface area contributed by atoms with Gasteiger partial charge in [-0.1, -0.05) is 13.3 Å². The van der Waals surface area contributed by atoms with Gasteiger partial charge in [0.15, 0.2) is 0 Å². The summed E-state index contributed by atoms with van der Waals surface area (Å²) in [5.74, 6) is -0.885. The van der Waals surface area contributed by atoms with Crippen molar-refractivity contribution in [1.82, 2.24) is 10.6 Å².